The van der Waals surface area contributed by atoms with E-state index in [-0.39, 0.29) is 0 Å². The summed E-state index contributed by atoms with van der Waals surface area (Å²) in [5.74, 6) is 0. The summed E-state index contributed by atoms with van der Waals surface area (Å²) in [6.45, 7) is 3.76. The molecule has 1 aromatic heterocycles. The van der Waals surface area contributed by atoms with Crippen LogP contribution in [0.4, 0.5) is 0 Å². The number of benzene rings is 1. The quantitative estimate of drug-likeness (QED) is 0.617. The largest absolute Gasteiger partial charge is 0.264 e. The summed E-state index contributed by atoms with van der Waals surface area (Å²) < 4.78 is 0. The standard InChI is InChI=1S/C11H9N/c1-2-9-4-3-5-10-8-12-7-6-11(9)10/h2-8H,1H2. The number of fused-ring (bicyclic) bond motifs is 1. The molecule has 1 heterocycles. The summed E-state index contributed by atoms with van der Waals surface area (Å²) in [5, 5.41) is 2.37. The van der Waals surface area contributed by atoms with Crippen LogP contribution in [0.3, 0.4) is 0 Å². The summed E-state index contributed by atoms with van der Waals surface area (Å²) >= 11 is 0. The van der Waals surface area contributed by atoms with Crippen molar-refractivity contribution in [3.63, 3.8) is 0 Å². The van der Waals surface area contributed by atoms with Crippen LogP contribution in [0.25, 0.3) is 16.8 Å². The molecule has 0 atom stereocenters. The molecular formula is C11H9N. The molecule has 2 rings (SSSR count). The molecule has 0 saturated carbocycles. The van der Waals surface area contributed by atoms with Gasteiger partial charge in [0.25, 0.3) is 0 Å². The molecule has 12 heavy (non-hydrogen) atoms. The van der Waals surface area contributed by atoms with E-state index < -0.39 is 0 Å². The molecule has 0 amide bonds. The fraction of sp³-hybridized carbons (Fsp3) is 0. The number of hydrogen-bond donors (Lipinski definition) is 0. The van der Waals surface area contributed by atoms with Gasteiger partial charge in [0.15, 0.2) is 0 Å². The number of hydrogen-bond acceptors (Lipinski definition) is 1. The zero-order valence-corrected chi connectivity index (χ0v) is 6.70. The molecule has 58 valence electrons. The Morgan fingerprint density at radius 2 is 2.17 bits per heavy atom. The second kappa shape index (κ2) is 2.78. The van der Waals surface area contributed by atoms with Crippen molar-refractivity contribution in [2.45, 2.75) is 0 Å². The molecule has 1 nitrogen and oxygen atoms in total. The molecular weight excluding hydrogens is 146 g/mol. The third-order valence-electron chi connectivity index (χ3n) is 1.93. The summed E-state index contributed by atoms with van der Waals surface area (Å²) in [6.07, 6.45) is 5.53. The molecule has 0 saturated heterocycles. The van der Waals surface area contributed by atoms with E-state index in [9.17, 15) is 0 Å². The van der Waals surface area contributed by atoms with Gasteiger partial charge in [0.1, 0.15) is 0 Å². The highest BCUT2D eigenvalue weighted by Crippen LogP contribution is 2.17. The van der Waals surface area contributed by atoms with Gasteiger partial charge < -0.3 is 0 Å². The van der Waals surface area contributed by atoms with Crippen LogP contribution in [0.15, 0.2) is 43.2 Å². The van der Waals surface area contributed by atoms with E-state index in [1.807, 2.05) is 24.4 Å². The fourth-order valence-corrected chi connectivity index (χ4v) is 1.33. The molecule has 0 aliphatic carbocycles. The van der Waals surface area contributed by atoms with Gasteiger partial charge in [-0.15, -0.1) is 0 Å². The summed E-state index contributed by atoms with van der Waals surface area (Å²) in [7, 11) is 0. The van der Waals surface area contributed by atoms with Crippen molar-refractivity contribution < 1.29 is 0 Å². The van der Waals surface area contributed by atoms with Crippen LogP contribution in [0.2, 0.25) is 0 Å². The summed E-state index contributed by atoms with van der Waals surface area (Å²) in [5.41, 5.74) is 1.16. The topological polar surface area (TPSA) is 12.9 Å². The normalized spacial score (nSPS) is 10.0. The van der Waals surface area contributed by atoms with Crippen LogP contribution in [-0.4, -0.2) is 4.98 Å². The predicted octanol–water partition coefficient (Wildman–Crippen LogP) is 2.88. The van der Waals surface area contributed by atoms with Crippen molar-refractivity contribution in [3.8, 4) is 0 Å². The lowest BCUT2D eigenvalue weighted by Gasteiger charge is -1.99. The van der Waals surface area contributed by atoms with E-state index >= 15 is 0 Å². The Bertz CT molecular complexity index is 413. The molecule has 1 heteroatoms. The second-order valence-corrected chi connectivity index (χ2v) is 2.65. The van der Waals surface area contributed by atoms with E-state index in [4.69, 9.17) is 0 Å². The molecule has 0 radical (unpaired) electrons. The second-order valence-electron chi connectivity index (χ2n) is 2.65. The average molecular weight is 155 g/mol. The zero-order valence-electron chi connectivity index (χ0n) is 6.70. The Hall–Kier alpha value is -1.63. The van der Waals surface area contributed by atoms with Crippen LogP contribution in [0, 0.1) is 0 Å². The molecule has 0 aliphatic rings. The first-order valence-electron chi connectivity index (χ1n) is 3.87. The Balaban J connectivity index is 2.88. The van der Waals surface area contributed by atoms with E-state index in [1.165, 1.54) is 5.39 Å². The minimum absolute atomic E-state index is 1.16. The van der Waals surface area contributed by atoms with Crippen LogP contribution in [-0.2, 0) is 0 Å². The van der Waals surface area contributed by atoms with E-state index in [2.05, 4.69) is 23.7 Å². The molecule has 0 unspecified atom stereocenters. The highest BCUT2D eigenvalue weighted by Gasteiger charge is 1.94. The SMILES string of the molecule is C=Cc1cccc2cnccc12. The van der Waals surface area contributed by atoms with Gasteiger partial charge in [-0.2, -0.15) is 0 Å². The van der Waals surface area contributed by atoms with Gasteiger partial charge in [-0.25, -0.2) is 0 Å². The lowest BCUT2D eigenvalue weighted by Crippen LogP contribution is -1.78. The first-order chi connectivity index (χ1) is 5.92. The van der Waals surface area contributed by atoms with Gasteiger partial charge in [-0.3, -0.25) is 4.98 Å². The van der Waals surface area contributed by atoms with E-state index in [1.54, 1.807) is 6.20 Å². The molecule has 0 N–H and O–H groups in total. The minimum atomic E-state index is 1.16. The van der Waals surface area contributed by atoms with Crippen LogP contribution < -0.4 is 0 Å². The molecule has 2 aromatic rings. The Kier molecular flexibility index (Phi) is 1.63. The van der Waals surface area contributed by atoms with Crippen LogP contribution in [0.5, 0.6) is 0 Å². The Morgan fingerprint density at radius 3 is 3.00 bits per heavy atom. The third-order valence-corrected chi connectivity index (χ3v) is 1.93. The average Bonchev–Trinajstić information content (AvgIpc) is 2.17. The summed E-state index contributed by atoms with van der Waals surface area (Å²) in [6, 6.07) is 8.12. The van der Waals surface area contributed by atoms with Crippen LogP contribution >= 0.6 is 0 Å². The lowest BCUT2D eigenvalue weighted by atomic mass is 10.1. The van der Waals surface area contributed by atoms with Crippen molar-refractivity contribution in [2.24, 2.45) is 0 Å². The van der Waals surface area contributed by atoms with Gasteiger partial charge >= 0.3 is 0 Å². The first kappa shape index (κ1) is 7.04. The number of aromatic nitrogens is 1. The molecule has 0 aliphatic heterocycles. The third kappa shape index (κ3) is 0.996. The van der Waals surface area contributed by atoms with Crippen molar-refractivity contribution in [3.05, 3.63) is 48.8 Å². The van der Waals surface area contributed by atoms with Crippen molar-refractivity contribution in [1.82, 2.24) is 4.98 Å². The minimum Gasteiger partial charge on any atom is -0.264 e. The van der Waals surface area contributed by atoms with Gasteiger partial charge in [0.05, 0.1) is 0 Å². The van der Waals surface area contributed by atoms with Crippen molar-refractivity contribution in [1.29, 1.82) is 0 Å². The van der Waals surface area contributed by atoms with E-state index in [0.717, 1.165) is 10.9 Å². The number of pyridine rings is 1. The highest BCUT2D eigenvalue weighted by atomic mass is 14.6. The molecule has 1 aromatic carbocycles. The zero-order chi connectivity index (χ0) is 8.39. The maximum Gasteiger partial charge on any atom is 0.0346 e. The predicted molar refractivity (Wildman–Crippen MR) is 51.8 cm³/mol. The number of nitrogens with zero attached hydrogens (tertiary/aromatic N) is 1. The van der Waals surface area contributed by atoms with Gasteiger partial charge in [-0.1, -0.05) is 30.9 Å². The monoisotopic (exact) mass is 155 g/mol. The Morgan fingerprint density at radius 1 is 1.25 bits per heavy atom. The van der Waals surface area contributed by atoms with Crippen LogP contribution in [0.1, 0.15) is 5.56 Å². The highest BCUT2D eigenvalue weighted by molar-refractivity contribution is 5.89. The lowest BCUT2D eigenvalue weighted by molar-refractivity contribution is 1.36. The van der Waals surface area contributed by atoms with Crippen molar-refractivity contribution >= 4 is 16.8 Å². The maximum absolute atomic E-state index is 4.05. The van der Waals surface area contributed by atoms with Crippen molar-refractivity contribution in [2.75, 3.05) is 0 Å². The Labute approximate surface area is 71.4 Å². The summed E-state index contributed by atoms with van der Waals surface area (Å²) in [4.78, 5) is 4.05. The maximum atomic E-state index is 4.05. The van der Waals surface area contributed by atoms with Gasteiger partial charge in [0, 0.05) is 17.8 Å². The molecule has 0 fully saturated rings. The van der Waals surface area contributed by atoms with E-state index in [0.29, 0.717) is 0 Å². The fourth-order valence-electron chi connectivity index (χ4n) is 1.33. The van der Waals surface area contributed by atoms with Gasteiger partial charge in [-0.05, 0) is 17.0 Å². The molecule has 0 bridgehead atoms. The van der Waals surface area contributed by atoms with Gasteiger partial charge in [0.2, 0.25) is 0 Å². The number of rotatable bonds is 1. The smallest absolute Gasteiger partial charge is 0.0346 e. The first-order valence-corrected chi connectivity index (χ1v) is 3.87. The molecule has 0 spiro atoms.